The topological polar surface area (TPSA) is 51.1 Å². The molecular weight excluding hydrogens is 299 g/mol. The van der Waals surface area contributed by atoms with Gasteiger partial charge in [-0.3, -0.25) is 9.59 Å². The Hall–Kier alpha value is -1.78. The summed E-state index contributed by atoms with van der Waals surface area (Å²) in [6.07, 6.45) is 1.85. The highest BCUT2D eigenvalue weighted by Gasteiger charge is 2.05. The third-order valence-electron chi connectivity index (χ3n) is 2.68. The van der Waals surface area contributed by atoms with Crippen LogP contribution in [0, 0.1) is 0 Å². The number of aryl methyl sites for hydroxylation is 1. The minimum absolute atomic E-state index is 0.130. The zero-order valence-corrected chi connectivity index (χ0v) is 12.0. The van der Waals surface area contributed by atoms with E-state index < -0.39 is 0 Å². The molecule has 0 fully saturated rings. The summed E-state index contributed by atoms with van der Waals surface area (Å²) >= 11 is 11.7. The summed E-state index contributed by atoms with van der Waals surface area (Å²) in [7, 11) is 0. The fourth-order valence-electron chi connectivity index (χ4n) is 1.66. The minimum atomic E-state index is -0.195. The van der Waals surface area contributed by atoms with Crippen LogP contribution in [0.4, 0.5) is 5.69 Å². The fourth-order valence-corrected chi connectivity index (χ4v) is 1.96. The van der Waals surface area contributed by atoms with E-state index in [-0.39, 0.29) is 17.9 Å². The van der Waals surface area contributed by atoms with Gasteiger partial charge in [0.25, 0.3) is 5.56 Å². The Morgan fingerprint density at radius 2 is 1.95 bits per heavy atom. The zero-order chi connectivity index (χ0) is 14.5. The molecule has 2 aromatic rings. The molecule has 1 aromatic carbocycles. The lowest BCUT2D eigenvalue weighted by Crippen LogP contribution is -2.21. The zero-order valence-electron chi connectivity index (χ0n) is 10.5. The molecule has 0 radical (unpaired) electrons. The first-order valence-corrected chi connectivity index (χ1v) is 6.72. The second-order valence-electron chi connectivity index (χ2n) is 4.16. The van der Waals surface area contributed by atoms with Gasteiger partial charge < -0.3 is 9.88 Å². The van der Waals surface area contributed by atoms with Crippen molar-refractivity contribution in [1.82, 2.24) is 4.57 Å². The van der Waals surface area contributed by atoms with Gasteiger partial charge in [-0.15, -0.1) is 0 Å². The van der Waals surface area contributed by atoms with Gasteiger partial charge in [0.15, 0.2) is 0 Å². The van der Waals surface area contributed by atoms with Gasteiger partial charge in [-0.05, 0) is 24.3 Å². The highest BCUT2D eigenvalue weighted by molar-refractivity contribution is 6.42. The van der Waals surface area contributed by atoms with E-state index in [2.05, 4.69) is 5.32 Å². The summed E-state index contributed by atoms with van der Waals surface area (Å²) in [6.45, 7) is 0.326. The number of rotatable bonds is 4. The third kappa shape index (κ3) is 3.85. The van der Waals surface area contributed by atoms with Crippen molar-refractivity contribution in [2.75, 3.05) is 5.32 Å². The maximum Gasteiger partial charge on any atom is 0.250 e. The van der Waals surface area contributed by atoms with Gasteiger partial charge in [0.1, 0.15) is 0 Å². The van der Waals surface area contributed by atoms with Gasteiger partial charge in [-0.25, -0.2) is 0 Å². The number of carbonyl (C=O) groups excluding carboxylic acids is 1. The highest BCUT2D eigenvalue weighted by Crippen LogP contribution is 2.24. The molecule has 6 heteroatoms. The van der Waals surface area contributed by atoms with E-state index in [1.54, 1.807) is 36.5 Å². The number of nitrogens with one attached hydrogen (secondary N) is 1. The molecule has 1 N–H and O–H groups in total. The van der Waals surface area contributed by atoms with Gasteiger partial charge in [-0.2, -0.15) is 0 Å². The number of benzene rings is 1. The predicted octanol–water partition coefficient (Wildman–Crippen LogP) is 3.18. The summed E-state index contributed by atoms with van der Waals surface area (Å²) < 4.78 is 1.48. The van der Waals surface area contributed by atoms with E-state index in [0.29, 0.717) is 22.3 Å². The van der Waals surface area contributed by atoms with Crippen LogP contribution in [0.5, 0.6) is 0 Å². The van der Waals surface area contributed by atoms with E-state index in [9.17, 15) is 9.59 Å². The van der Waals surface area contributed by atoms with E-state index in [4.69, 9.17) is 23.2 Å². The molecule has 0 saturated heterocycles. The van der Waals surface area contributed by atoms with Gasteiger partial charge >= 0.3 is 0 Å². The highest BCUT2D eigenvalue weighted by atomic mass is 35.5. The molecule has 0 aliphatic heterocycles. The second kappa shape index (κ2) is 6.59. The van der Waals surface area contributed by atoms with E-state index in [0.717, 1.165) is 0 Å². The SMILES string of the molecule is O=C(CCn1ccccc1=O)Nc1ccc(Cl)c(Cl)c1. The number of anilines is 1. The molecule has 0 spiro atoms. The maximum absolute atomic E-state index is 11.8. The van der Waals surface area contributed by atoms with Gasteiger partial charge in [-0.1, -0.05) is 29.3 Å². The Morgan fingerprint density at radius 3 is 2.65 bits per heavy atom. The first-order chi connectivity index (χ1) is 9.56. The lowest BCUT2D eigenvalue weighted by molar-refractivity contribution is -0.116. The molecule has 20 heavy (non-hydrogen) atoms. The summed E-state index contributed by atoms with van der Waals surface area (Å²) in [6, 6.07) is 9.72. The molecule has 0 unspecified atom stereocenters. The number of pyridine rings is 1. The Bertz CT molecular complexity index is 683. The van der Waals surface area contributed by atoms with Crippen LogP contribution in [0.15, 0.2) is 47.4 Å². The van der Waals surface area contributed by atoms with Crippen LogP contribution in [-0.4, -0.2) is 10.5 Å². The van der Waals surface area contributed by atoms with Crippen LogP contribution >= 0.6 is 23.2 Å². The average Bonchev–Trinajstić information content (AvgIpc) is 2.42. The molecule has 0 saturated carbocycles. The van der Waals surface area contributed by atoms with Crippen LogP contribution < -0.4 is 10.9 Å². The second-order valence-corrected chi connectivity index (χ2v) is 4.97. The smallest absolute Gasteiger partial charge is 0.250 e. The lowest BCUT2D eigenvalue weighted by Gasteiger charge is -2.07. The van der Waals surface area contributed by atoms with Crippen molar-refractivity contribution in [2.24, 2.45) is 0 Å². The number of amides is 1. The quantitative estimate of drug-likeness (QED) is 0.943. The van der Waals surface area contributed by atoms with Gasteiger partial charge in [0, 0.05) is 30.9 Å². The summed E-state index contributed by atoms with van der Waals surface area (Å²) in [4.78, 5) is 23.3. The summed E-state index contributed by atoms with van der Waals surface area (Å²) in [5.74, 6) is -0.195. The summed E-state index contributed by atoms with van der Waals surface area (Å²) in [5, 5.41) is 3.51. The average molecular weight is 311 g/mol. The van der Waals surface area contributed by atoms with Crippen LogP contribution in [0.3, 0.4) is 0 Å². The molecule has 1 amide bonds. The van der Waals surface area contributed by atoms with Crippen LogP contribution in [0.1, 0.15) is 6.42 Å². The fraction of sp³-hybridized carbons (Fsp3) is 0.143. The number of carbonyl (C=O) groups is 1. The number of hydrogen-bond donors (Lipinski definition) is 1. The Balaban J connectivity index is 1.94. The molecule has 2 rings (SSSR count). The molecule has 1 aromatic heterocycles. The third-order valence-corrected chi connectivity index (χ3v) is 3.42. The van der Waals surface area contributed by atoms with Gasteiger partial charge in [0.05, 0.1) is 10.0 Å². The normalized spacial score (nSPS) is 10.3. The van der Waals surface area contributed by atoms with Crippen LogP contribution in [-0.2, 0) is 11.3 Å². The maximum atomic E-state index is 11.8. The Morgan fingerprint density at radius 1 is 1.15 bits per heavy atom. The lowest BCUT2D eigenvalue weighted by atomic mass is 10.3. The molecule has 0 atom stereocenters. The van der Waals surface area contributed by atoms with E-state index >= 15 is 0 Å². The van der Waals surface area contributed by atoms with E-state index in [1.807, 2.05) is 0 Å². The van der Waals surface area contributed by atoms with Crippen LogP contribution in [0.25, 0.3) is 0 Å². The monoisotopic (exact) mass is 310 g/mol. The van der Waals surface area contributed by atoms with Crippen molar-refractivity contribution < 1.29 is 4.79 Å². The number of aromatic nitrogens is 1. The Kier molecular flexibility index (Phi) is 4.82. The molecule has 1 heterocycles. The molecule has 0 bridgehead atoms. The van der Waals surface area contributed by atoms with Crippen molar-refractivity contribution in [2.45, 2.75) is 13.0 Å². The first-order valence-electron chi connectivity index (χ1n) is 5.96. The largest absolute Gasteiger partial charge is 0.326 e. The van der Waals surface area contributed by atoms with Gasteiger partial charge in [0.2, 0.25) is 5.91 Å². The van der Waals surface area contributed by atoms with Crippen LogP contribution in [0.2, 0.25) is 10.0 Å². The first kappa shape index (κ1) is 14.6. The summed E-state index contributed by atoms with van der Waals surface area (Å²) in [5.41, 5.74) is 0.444. The van der Waals surface area contributed by atoms with Crippen molar-refractivity contribution in [3.05, 3.63) is 63.0 Å². The predicted molar refractivity (Wildman–Crippen MR) is 80.4 cm³/mol. The molecule has 4 nitrogen and oxygen atoms in total. The molecular formula is C14H12Cl2N2O2. The standard InChI is InChI=1S/C14H12Cl2N2O2/c15-11-5-4-10(9-12(11)16)17-13(19)6-8-18-7-2-1-3-14(18)20/h1-5,7,9H,6,8H2,(H,17,19). The molecule has 104 valence electrons. The van der Waals surface area contributed by atoms with Crippen molar-refractivity contribution in [3.8, 4) is 0 Å². The number of nitrogens with zero attached hydrogens (tertiary/aromatic N) is 1. The van der Waals surface area contributed by atoms with E-state index in [1.165, 1.54) is 10.6 Å². The Labute approximate surface area is 125 Å². The number of hydrogen-bond acceptors (Lipinski definition) is 2. The van der Waals surface area contributed by atoms with Crippen molar-refractivity contribution >= 4 is 34.8 Å². The minimum Gasteiger partial charge on any atom is -0.326 e. The van der Waals surface area contributed by atoms with Crippen molar-refractivity contribution in [1.29, 1.82) is 0 Å². The molecule has 0 aliphatic carbocycles. The van der Waals surface area contributed by atoms with Crippen molar-refractivity contribution in [3.63, 3.8) is 0 Å². The molecule has 0 aliphatic rings. The number of halogens is 2.